The Morgan fingerprint density at radius 1 is 1.59 bits per heavy atom. The molecule has 9 nitrogen and oxygen atoms in total. The molecular formula is C13H17N3O6. The van der Waals surface area contributed by atoms with E-state index in [1.165, 1.54) is 23.9 Å². The van der Waals surface area contributed by atoms with Gasteiger partial charge in [0.15, 0.2) is 6.23 Å². The molecule has 2 fully saturated rings. The molecule has 0 saturated carbocycles. The fourth-order valence-corrected chi connectivity index (χ4v) is 3.03. The standard InChI is InChI=1S/C13H17N3O6/c1-3-13-6-21-8(9(13)15-12(19)20-2)10(22-13)16-5-4-7(17)14-11(16)18/h4-5,8-10H,3,6H2,1-2H3,(H,15,19)(H,14,17,18)/t8-,9+,10-,13+/m1/s1. The van der Waals surface area contributed by atoms with Crippen molar-refractivity contribution in [3.05, 3.63) is 33.1 Å². The minimum atomic E-state index is -0.723. The van der Waals surface area contributed by atoms with Crippen LogP contribution in [0, 0.1) is 0 Å². The zero-order chi connectivity index (χ0) is 15.9. The normalized spacial score (nSPS) is 32.9. The van der Waals surface area contributed by atoms with Crippen LogP contribution in [0.5, 0.6) is 0 Å². The minimum absolute atomic E-state index is 0.317. The first kappa shape index (κ1) is 14.8. The predicted molar refractivity (Wildman–Crippen MR) is 73.5 cm³/mol. The Morgan fingerprint density at radius 3 is 3.00 bits per heavy atom. The summed E-state index contributed by atoms with van der Waals surface area (Å²) in [6, 6.07) is 0.798. The smallest absolute Gasteiger partial charge is 0.407 e. The first-order valence-electron chi connectivity index (χ1n) is 6.96. The first-order valence-corrected chi connectivity index (χ1v) is 6.96. The summed E-state index contributed by atoms with van der Waals surface area (Å²) in [5, 5.41) is 2.71. The summed E-state index contributed by atoms with van der Waals surface area (Å²) >= 11 is 0. The second-order valence-electron chi connectivity index (χ2n) is 5.33. The number of carbonyl (C=O) groups excluding carboxylic acids is 1. The Kier molecular flexibility index (Phi) is 3.53. The van der Waals surface area contributed by atoms with E-state index >= 15 is 0 Å². The van der Waals surface area contributed by atoms with Gasteiger partial charge in [0, 0.05) is 12.3 Å². The van der Waals surface area contributed by atoms with Crippen molar-refractivity contribution in [2.75, 3.05) is 13.7 Å². The molecule has 4 atom stereocenters. The van der Waals surface area contributed by atoms with E-state index in [9.17, 15) is 14.4 Å². The van der Waals surface area contributed by atoms with Gasteiger partial charge in [0.05, 0.1) is 19.8 Å². The Morgan fingerprint density at radius 2 is 2.36 bits per heavy atom. The van der Waals surface area contributed by atoms with Crippen molar-refractivity contribution in [1.29, 1.82) is 0 Å². The van der Waals surface area contributed by atoms with E-state index in [1.54, 1.807) is 0 Å². The van der Waals surface area contributed by atoms with Crippen molar-refractivity contribution in [1.82, 2.24) is 14.9 Å². The van der Waals surface area contributed by atoms with Crippen molar-refractivity contribution < 1.29 is 19.0 Å². The molecule has 120 valence electrons. The number of carbonyl (C=O) groups is 1. The van der Waals surface area contributed by atoms with Crippen LogP contribution in [-0.4, -0.2) is 47.1 Å². The number of hydrogen-bond donors (Lipinski definition) is 2. The third-order valence-electron chi connectivity index (χ3n) is 4.23. The molecule has 2 N–H and O–H groups in total. The number of nitrogens with zero attached hydrogens (tertiary/aromatic N) is 1. The lowest BCUT2D eigenvalue weighted by atomic mass is 9.93. The molecule has 0 radical (unpaired) electrons. The number of nitrogens with one attached hydrogen (secondary N) is 2. The fourth-order valence-electron chi connectivity index (χ4n) is 3.03. The fraction of sp³-hybridized carbons (Fsp3) is 0.615. The number of H-pyrrole nitrogens is 1. The highest BCUT2D eigenvalue weighted by Gasteiger charge is 2.61. The van der Waals surface area contributed by atoms with E-state index in [2.05, 4.69) is 15.0 Å². The third kappa shape index (κ3) is 2.13. The number of alkyl carbamates (subject to hydrolysis) is 1. The van der Waals surface area contributed by atoms with E-state index in [0.717, 1.165) is 0 Å². The van der Waals surface area contributed by atoms with Gasteiger partial charge in [-0.25, -0.2) is 9.59 Å². The lowest BCUT2D eigenvalue weighted by Gasteiger charge is -2.30. The van der Waals surface area contributed by atoms with Crippen molar-refractivity contribution >= 4 is 6.09 Å². The van der Waals surface area contributed by atoms with Gasteiger partial charge in [-0.15, -0.1) is 0 Å². The minimum Gasteiger partial charge on any atom is -0.453 e. The van der Waals surface area contributed by atoms with Gasteiger partial charge in [-0.1, -0.05) is 6.92 Å². The van der Waals surface area contributed by atoms with Gasteiger partial charge in [-0.3, -0.25) is 14.3 Å². The predicted octanol–water partition coefficient (Wildman–Crippen LogP) is -0.662. The average molecular weight is 311 g/mol. The number of methoxy groups -OCH3 is 1. The van der Waals surface area contributed by atoms with Gasteiger partial charge < -0.3 is 19.5 Å². The Hall–Kier alpha value is -2.13. The van der Waals surface area contributed by atoms with Crippen LogP contribution in [0.1, 0.15) is 19.6 Å². The summed E-state index contributed by atoms with van der Waals surface area (Å²) < 4.78 is 17.6. The van der Waals surface area contributed by atoms with Gasteiger partial charge in [0.2, 0.25) is 0 Å². The number of aromatic amines is 1. The van der Waals surface area contributed by atoms with Crippen molar-refractivity contribution in [3.8, 4) is 0 Å². The molecule has 2 saturated heterocycles. The molecule has 2 aliphatic heterocycles. The lowest BCUT2D eigenvalue weighted by molar-refractivity contribution is -0.174. The topological polar surface area (TPSA) is 112 Å². The molecule has 1 aromatic rings. The SMILES string of the molecule is CC[C@@]12CO[C@@H]([C@H](n3ccc(=O)[nH]c3=O)O1)[C@@H]2NC(=O)OC. The quantitative estimate of drug-likeness (QED) is 0.766. The third-order valence-corrected chi connectivity index (χ3v) is 4.23. The molecule has 2 aliphatic rings. The summed E-state index contributed by atoms with van der Waals surface area (Å²) in [4.78, 5) is 36.8. The number of hydrogen-bond acceptors (Lipinski definition) is 6. The highest BCUT2D eigenvalue weighted by molar-refractivity contribution is 5.67. The monoisotopic (exact) mass is 311 g/mol. The number of aromatic nitrogens is 2. The van der Waals surface area contributed by atoms with Crippen molar-refractivity contribution in [2.24, 2.45) is 0 Å². The van der Waals surface area contributed by atoms with Crippen molar-refractivity contribution in [3.63, 3.8) is 0 Å². The van der Waals surface area contributed by atoms with Gasteiger partial charge >= 0.3 is 11.8 Å². The zero-order valence-electron chi connectivity index (χ0n) is 12.2. The molecule has 1 aromatic heterocycles. The highest BCUT2D eigenvalue weighted by atomic mass is 16.6. The van der Waals surface area contributed by atoms with E-state index in [4.69, 9.17) is 9.47 Å². The second-order valence-corrected chi connectivity index (χ2v) is 5.33. The largest absolute Gasteiger partial charge is 0.453 e. The maximum Gasteiger partial charge on any atom is 0.407 e. The van der Waals surface area contributed by atoms with Gasteiger partial charge in [-0.05, 0) is 6.42 Å². The summed E-state index contributed by atoms with van der Waals surface area (Å²) in [7, 11) is 1.27. The van der Waals surface area contributed by atoms with E-state index in [-0.39, 0.29) is 0 Å². The number of fused-ring (bicyclic) bond motifs is 2. The van der Waals surface area contributed by atoms with Gasteiger partial charge in [0.25, 0.3) is 5.56 Å². The molecule has 3 rings (SSSR count). The van der Waals surface area contributed by atoms with E-state index in [0.29, 0.717) is 13.0 Å². The summed E-state index contributed by atoms with van der Waals surface area (Å²) in [6.07, 6.45) is 0.0977. The van der Waals surface area contributed by atoms with Crippen LogP contribution in [0.3, 0.4) is 0 Å². The summed E-state index contributed by atoms with van der Waals surface area (Å²) in [6.45, 7) is 2.23. The maximum absolute atomic E-state index is 11.9. The summed E-state index contributed by atoms with van der Waals surface area (Å²) in [5.74, 6) is 0. The Bertz CT molecular complexity index is 698. The van der Waals surface area contributed by atoms with Gasteiger partial charge in [-0.2, -0.15) is 0 Å². The van der Waals surface area contributed by atoms with Crippen molar-refractivity contribution in [2.45, 2.75) is 37.3 Å². The molecule has 1 amide bonds. The van der Waals surface area contributed by atoms with Crippen LogP contribution in [-0.2, 0) is 14.2 Å². The van der Waals surface area contributed by atoms with Gasteiger partial charge in [0.1, 0.15) is 11.7 Å². The molecule has 0 spiro atoms. The van der Waals surface area contributed by atoms with E-state index < -0.39 is 41.3 Å². The van der Waals surface area contributed by atoms with Crippen LogP contribution in [0.4, 0.5) is 4.79 Å². The molecule has 0 unspecified atom stereocenters. The Balaban J connectivity index is 1.95. The molecule has 22 heavy (non-hydrogen) atoms. The maximum atomic E-state index is 11.9. The van der Waals surface area contributed by atoms with Crippen LogP contribution >= 0.6 is 0 Å². The lowest BCUT2D eigenvalue weighted by Crippen LogP contribution is -2.50. The summed E-state index contributed by atoms with van der Waals surface area (Å²) in [5.41, 5.74) is -1.80. The van der Waals surface area contributed by atoms with Crippen LogP contribution < -0.4 is 16.6 Å². The van der Waals surface area contributed by atoms with Crippen LogP contribution in [0.15, 0.2) is 21.9 Å². The number of ether oxygens (including phenoxy) is 3. The second kappa shape index (κ2) is 5.25. The number of rotatable bonds is 3. The first-order chi connectivity index (χ1) is 10.5. The molecule has 2 bridgehead atoms. The molecule has 0 aliphatic carbocycles. The molecule has 0 aromatic carbocycles. The zero-order valence-corrected chi connectivity index (χ0v) is 12.2. The molecule has 3 heterocycles. The van der Waals surface area contributed by atoms with E-state index in [1.807, 2.05) is 6.92 Å². The molecular weight excluding hydrogens is 294 g/mol. The average Bonchev–Trinajstić information content (AvgIpc) is 2.99. The molecule has 9 heteroatoms. The Labute approximate surface area is 125 Å². The number of amides is 1. The van der Waals surface area contributed by atoms with Crippen LogP contribution in [0.2, 0.25) is 0 Å². The highest BCUT2D eigenvalue weighted by Crippen LogP contribution is 2.46. The van der Waals surface area contributed by atoms with Crippen LogP contribution in [0.25, 0.3) is 0 Å².